The molecule has 0 aliphatic carbocycles. The van der Waals surface area contributed by atoms with Crippen molar-refractivity contribution in [1.29, 1.82) is 0 Å². The lowest BCUT2D eigenvalue weighted by Gasteiger charge is -2.17. The van der Waals surface area contributed by atoms with Crippen molar-refractivity contribution in [3.05, 3.63) is 100 Å². The van der Waals surface area contributed by atoms with Crippen molar-refractivity contribution >= 4 is 27.8 Å². The van der Waals surface area contributed by atoms with E-state index in [0.717, 1.165) is 21.3 Å². The molecule has 3 rings (SSSR count). The van der Waals surface area contributed by atoms with Gasteiger partial charge in [0.05, 0.1) is 7.11 Å². The number of rotatable bonds is 8. The van der Waals surface area contributed by atoms with Crippen LogP contribution in [-0.4, -0.2) is 25.0 Å². The van der Waals surface area contributed by atoms with Crippen LogP contribution < -0.4 is 10.1 Å². The Labute approximate surface area is 184 Å². The topological polar surface area (TPSA) is 64.6 Å². The number of esters is 1. The monoisotopic (exact) mass is 467 g/mol. The maximum Gasteiger partial charge on any atom is 0.328 e. The maximum atomic E-state index is 12.5. The van der Waals surface area contributed by atoms with E-state index in [1.807, 2.05) is 60.7 Å². The fourth-order valence-corrected chi connectivity index (χ4v) is 3.30. The molecule has 0 saturated heterocycles. The number of nitrogens with one attached hydrogen (secondary N) is 1. The molecule has 0 fully saturated rings. The molecule has 6 heteroatoms. The summed E-state index contributed by atoms with van der Waals surface area (Å²) in [6.07, 6.45) is 0.311. The first-order valence-electron chi connectivity index (χ1n) is 9.45. The van der Waals surface area contributed by atoms with Crippen molar-refractivity contribution in [3.8, 4) is 5.75 Å². The van der Waals surface area contributed by atoms with Gasteiger partial charge >= 0.3 is 5.97 Å². The van der Waals surface area contributed by atoms with Gasteiger partial charge in [0.15, 0.2) is 0 Å². The number of methoxy groups -OCH3 is 1. The molecule has 1 N–H and O–H groups in total. The molecule has 3 aromatic carbocycles. The number of carbonyl (C=O) groups excluding carboxylic acids is 2. The number of ether oxygens (including phenoxy) is 2. The van der Waals surface area contributed by atoms with E-state index >= 15 is 0 Å². The van der Waals surface area contributed by atoms with Crippen LogP contribution in [-0.2, 0) is 22.6 Å². The number of halogens is 1. The van der Waals surface area contributed by atoms with Crippen LogP contribution in [0.25, 0.3) is 0 Å². The van der Waals surface area contributed by atoms with Gasteiger partial charge in [-0.1, -0.05) is 64.5 Å². The second-order valence-electron chi connectivity index (χ2n) is 6.68. The van der Waals surface area contributed by atoms with Gasteiger partial charge in [-0.15, -0.1) is 0 Å². The van der Waals surface area contributed by atoms with E-state index in [2.05, 4.69) is 21.2 Å². The molecular formula is C24H22BrNO4. The van der Waals surface area contributed by atoms with Crippen molar-refractivity contribution in [2.75, 3.05) is 7.11 Å². The zero-order chi connectivity index (χ0) is 21.3. The SMILES string of the molecule is COC(=O)[C@@H](Cc1ccc(OCc2ccccc2)cc1)NC(=O)c1cccc(Br)c1. The van der Waals surface area contributed by atoms with E-state index in [0.29, 0.717) is 18.6 Å². The summed E-state index contributed by atoms with van der Waals surface area (Å²) in [6, 6.07) is 23.5. The Morgan fingerprint density at radius 1 is 0.933 bits per heavy atom. The zero-order valence-corrected chi connectivity index (χ0v) is 18.1. The highest BCUT2D eigenvalue weighted by Crippen LogP contribution is 2.16. The minimum Gasteiger partial charge on any atom is -0.489 e. The molecule has 5 nitrogen and oxygen atoms in total. The van der Waals surface area contributed by atoms with Gasteiger partial charge in [0.2, 0.25) is 0 Å². The van der Waals surface area contributed by atoms with Gasteiger partial charge in [0.1, 0.15) is 18.4 Å². The first kappa shape index (κ1) is 21.6. The van der Waals surface area contributed by atoms with E-state index in [1.165, 1.54) is 7.11 Å². The van der Waals surface area contributed by atoms with Crippen molar-refractivity contribution in [1.82, 2.24) is 5.32 Å². The molecule has 3 aromatic rings. The molecule has 1 atom stereocenters. The molecule has 0 heterocycles. The zero-order valence-electron chi connectivity index (χ0n) is 16.5. The number of hydrogen-bond acceptors (Lipinski definition) is 4. The van der Waals surface area contributed by atoms with Gasteiger partial charge in [-0.3, -0.25) is 4.79 Å². The van der Waals surface area contributed by atoms with Gasteiger partial charge in [0.25, 0.3) is 5.91 Å². The van der Waals surface area contributed by atoms with Crippen molar-refractivity contribution in [2.45, 2.75) is 19.1 Å². The minimum atomic E-state index is -0.794. The summed E-state index contributed by atoms with van der Waals surface area (Å²) < 4.78 is 11.4. The smallest absolute Gasteiger partial charge is 0.328 e. The van der Waals surface area contributed by atoms with Gasteiger partial charge in [-0.2, -0.15) is 0 Å². The Kier molecular flexibility index (Phi) is 7.63. The van der Waals surface area contributed by atoms with Crippen LogP contribution in [0.1, 0.15) is 21.5 Å². The number of hydrogen-bond donors (Lipinski definition) is 1. The summed E-state index contributed by atoms with van der Waals surface area (Å²) in [5.74, 6) is -0.104. The standard InChI is InChI=1S/C24H22BrNO4/c1-29-24(28)22(26-23(27)19-8-5-9-20(25)15-19)14-17-10-12-21(13-11-17)30-16-18-6-3-2-4-7-18/h2-13,15,22H,14,16H2,1H3,(H,26,27)/t22-/m1/s1. The molecule has 0 aliphatic rings. The Hall–Kier alpha value is -3.12. The third-order valence-corrected chi connectivity index (χ3v) is 4.98. The quantitative estimate of drug-likeness (QED) is 0.493. The highest BCUT2D eigenvalue weighted by molar-refractivity contribution is 9.10. The first-order chi connectivity index (χ1) is 14.5. The van der Waals surface area contributed by atoms with Gasteiger partial charge in [0, 0.05) is 16.5 Å². The molecule has 0 spiro atoms. The third kappa shape index (κ3) is 6.19. The van der Waals surface area contributed by atoms with E-state index < -0.39 is 12.0 Å². The Balaban J connectivity index is 1.63. The molecule has 0 saturated carbocycles. The summed E-state index contributed by atoms with van der Waals surface area (Å²) in [6.45, 7) is 0.480. The lowest BCUT2D eigenvalue weighted by molar-refractivity contribution is -0.142. The van der Waals surface area contributed by atoms with Crippen molar-refractivity contribution in [2.24, 2.45) is 0 Å². The lowest BCUT2D eigenvalue weighted by atomic mass is 10.0. The Morgan fingerprint density at radius 2 is 1.67 bits per heavy atom. The first-order valence-corrected chi connectivity index (χ1v) is 10.2. The summed E-state index contributed by atoms with van der Waals surface area (Å²) in [7, 11) is 1.31. The molecule has 0 aliphatic heterocycles. The average molecular weight is 468 g/mol. The highest BCUT2D eigenvalue weighted by Gasteiger charge is 2.22. The number of carbonyl (C=O) groups is 2. The van der Waals surface area contributed by atoms with Crippen LogP contribution in [0.5, 0.6) is 5.75 Å². The average Bonchev–Trinajstić information content (AvgIpc) is 2.78. The van der Waals surface area contributed by atoms with Gasteiger partial charge < -0.3 is 14.8 Å². The maximum absolute atomic E-state index is 12.5. The third-order valence-electron chi connectivity index (χ3n) is 4.49. The van der Waals surface area contributed by atoms with Crippen LogP contribution in [0.4, 0.5) is 0 Å². The fourth-order valence-electron chi connectivity index (χ4n) is 2.91. The van der Waals surface area contributed by atoms with E-state index in [9.17, 15) is 9.59 Å². The molecule has 0 bridgehead atoms. The minimum absolute atomic E-state index is 0.311. The summed E-state index contributed by atoms with van der Waals surface area (Å²) in [5, 5.41) is 2.76. The Morgan fingerprint density at radius 3 is 2.33 bits per heavy atom. The van der Waals surface area contributed by atoms with Crippen LogP contribution in [0.15, 0.2) is 83.3 Å². The summed E-state index contributed by atoms with van der Waals surface area (Å²) in [5.41, 5.74) is 2.43. The molecular weight excluding hydrogens is 446 g/mol. The van der Waals surface area contributed by atoms with E-state index in [4.69, 9.17) is 9.47 Å². The molecule has 30 heavy (non-hydrogen) atoms. The predicted molar refractivity (Wildman–Crippen MR) is 118 cm³/mol. The van der Waals surface area contributed by atoms with Gasteiger partial charge in [-0.25, -0.2) is 4.79 Å². The van der Waals surface area contributed by atoms with Crippen molar-refractivity contribution < 1.29 is 19.1 Å². The highest BCUT2D eigenvalue weighted by atomic mass is 79.9. The normalized spacial score (nSPS) is 11.4. The van der Waals surface area contributed by atoms with Crippen molar-refractivity contribution in [3.63, 3.8) is 0 Å². The number of benzene rings is 3. The van der Waals surface area contributed by atoms with Crippen LogP contribution in [0.2, 0.25) is 0 Å². The van der Waals surface area contributed by atoms with Crippen LogP contribution >= 0.6 is 15.9 Å². The lowest BCUT2D eigenvalue weighted by Crippen LogP contribution is -2.43. The van der Waals surface area contributed by atoms with E-state index in [1.54, 1.807) is 18.2 Å². The second-order valence-corrected chi connectivity index (χ2v) is 7.60. The fraction of sp³-hybridized carbons (Fsp3) is 0.167. The number of amides is 1. The predicted octanol–water partition coefficient (Wildman–Crippen LogP) is 4.54. The summed E-state index contributed by atoms with van der Waals surface area (Å²) >= 11 is 3.34. The Bertz CT molecular complexity index is 990. The summed E-state index contributed by atoms with van der Waals surface area (Å²) in [4.78, 5) is 24.7. The molecule has 0 aromatic heterocycles. The van der Waals surface area contributed by atoms with Gasteiger partial charge in [-0.05, 0) is 41.5 Å². The second kappa shape index (κ2) is 10.6. The van der Waals surface area contributed by atoms with E-state index in [-0.39, 0.29) is 5.91 Å². The molecule has 154 valence electrons. The molecule has 1 amide bonds. The largest absolute Gasteiger partial charge is 0.489 e. The van der Waals surface area contributed by atoms with Crippen LogP contribution in [0.3, 0.4) is 0 Å². The molecule has 0 radical (unpaired) electrons. The molecule has 0 unspecified atom stereocenters. The van der Waals surface area contributed by atoms with Crippen LogP contribution in [0, 0.1) is 0 Å².